The van der Waals surface area contributed by atoms with Crippen LogP contribution in [0.3, 0.4) is 0 Å². The zero-order valence-electron chi connectivity index (χ0n) is 21.5. The van der Waals surface area contributed by atoms with Gasteiger partial charge in [-0.3, -0.25) is 14.4 Å². The number of hydrogen-bond acceptors (Lipinski definition) is 4. The van der Waals surface area contributed by atoms with E-state index in [2.05, 4.69) is 17.2 Å². The van der Waals surface area contributed by atoms with Gasteiger partial charge in [-0.05, 0) is 61.4 Å². The number of anilines is 2. The summed E-state index contributed by atoms with van der Waals surface area (Å²) in [5.41, 5.74) is 3.92. The highest BCUT2D eigenvalue weighted by molar-refractivity contribution is 6.02. The number of benzene rings is 3. The number of imidazole rings is 1. The number of rotatable bonds is 7. The van der Waals surface area contributed by atoms with Gasteiger partial charge in [0.05, 0.1) is 22.3 Å². The van der Waals surface area contributed by atoms with Crippen molar-refractivity contribution in [1.82, 2.24) is 14.0 Å². The second-order valence-corrected chi connectivity index (χ2v) is 9.05. The first-order valence-corrected chi connectivity index (χ1v) is 12.4. The van der Waals surface area contributed by atoms with Crippen molar-refractivity contribution < 1.29 is 14.0 Å². The van der Waals surface area contributed by atoms with Crippen molar-refractivity contribution in [3.05, 3.63) is 107 Å². The number of halogens is 1. The van der Waals surface area contributed by atoms with E-state index in [9.17, 15) is 18.8 Å². The zero-order chi connectivity index (χ0) is 27.7. The molecule has 0 saturated carbocycles. The van der Waals surface area contributed by atoms with E-state index in [4.69, 9.17) is 4.98 Å². The van der Waals surface area contributed by atoms with Crippen LogP contribution in [0.1, 0.15) is 18.2 Å². The average molecular weight is 524 g/mol. The number of para-hydroxylation sites is 3. The standard InChI is InChI=1S/C30H26FN5O3/c1-4-21-28(20-10-6-7-11-23(20)33-26(37)5-2)29(39)36-25-13-9-8-12-24(25)35(30(36)34-21)17-27(38)32-22-15-14-19(31)16-18(22)3/h5-16H,2,4,17H2,1,3H3,(H,32,38)(H,33,37). The monoisotopic (exact) mass is 523 g/mol. The first-order chi connectivity index (χ1) is 18.8. The second-order valence-electron chi connectivity index (χ2n) is 9.05. The molecule has 2 amide bonds. The minimum absolute atomic E-state index is 0.116. The summed E-state index contributed by atoms with van der Waals surface area (Å²) in [6, 6.07) is 18.4. The van der Waals surface area contributed by atoms with Crippen LogP contribution in [0.2, 0.25) is 0 Å². The van der Waals surface area contributed by atoms with E-state index >= 15 is 0 Å². The number of carbonyl (C=O) groups is 2. The van der Waals surface area contributed by atoms with Crippen LogP contribution in [-0.2, 0) is 22.6 Å². The van der Waals surface area contributed by atoms with Crippen molar-refractivity contribution >= 4 is 40.0 Å². The molecule has 0 unspecified atom stereocenters. The van der Waals surface area contributed by atoms with Crippen LogP contribution < -0.4 is 16.2 Å². The first kappa shape index (κ1) is 25.6. The highest BCUT2D eigenvalue weighted by atomic mass is 19.1. The lowest BCUT2D eigenvalue weighted by Crippen LogP contribution is -2.23. The third-order valence-corrected chi connectivity index (χ3v) is 6.53. The molecular weight excluding hydrogens is 497 g/mol. The number of aryl methyl sites for hydroxylation is 2. The molecular formula is C30H26FN5O3. The molecule has 0 radical (unpaired) electrons. The molecule has 0 aliphatic carbocycles. The van der Waals surface area contributed by atoms with E-state index < -0.39 is 5.91 Å². The number of aromatic nitrogens is 3. The highest BCUT2D eigenvalue weighted by Crippen LogP contribution is 2.30. The van der Waals surface area contributed by atoms with E-state index in [0.717, 1.165) is 6.08 Å². The van der Waals surface area contributed by atoms with E-state index in [0.29, 0.717) is 57.0 Å². The fraction of sp³-hybridized carbons (Fsp3) is 0.133. The van der Waals surface area contributed by atoms with Crippen LogP contribution in [-0.4, -0.2) is 25.8 Å². The molecule has 39 heavy (non-hydrogen) atoms. The minimum atomic E-state index is -0.395. The van der Waals surface area contributed by atoms with Gasteiger partial charge >= 0.3 is 0 Å². The summed E-state index contributed by atoms with van der Waals surface area (Å²) in [7, 11) is 0. The normalized spacial score (nSPS) is 11.1. The van der Waals surface area contributed by atoms with Gasteiger partial charge in [0.2, 0.25) is 17.6 Å². The number of carbonyl (C=O) groups excluding carboxylic acids is 2. The molecule has 2 aromatic heterocycles. The molecule has 0 fully saturated rings. The summed E-state index contributed by atoms with van der Waals surface area (Å²) in [4.78, 5) is 44.2. The van der Waals surface area contributed by atoms with Gasteiger partial charge in [0.15, 0.2) is 0 Å². The van der Waals surface area contributed by atoms with Crippen LogP contribution in [0.25, 0.3) is 27.9 Å². The molecule has 196 valence electrons. The van der Waals surface area contributed by atoms with Crippen molar-refractivity contribution in [2.24, 2.45) is 0 Å². The molecule has 0 atom stereocenters. The smallest absolute Gasteiger partial charge is 0.267 e. The van der Waals surface area contributed by atoms with Crippen molar-refractivity contribution in [2.45, 2.75) is 26.8 Å². The van der Waals surface area contributed by atoms with Gasteiger partial charge in [0.25, 0.3) is 5.56 Å². The fourth-order valence-corrected chi connectivity index (χ4v) is 4.72. The van der Waals surface area contributed by atoms with Gasteiger partial charge in [0, 0.05) is 16.9 Å². The van der Waals surface area contributed by atoms with E-state index in [1.165, 1.54) is 22.6 Å². The van der Waals surface area contributed by atoms with Crippen molar-refractivity contribution in [1.29, 1.82) is 0 Å². The van der Waals surface area contributed by atoms with Crippen molar-refractivity contribution in [3.63, 3.8) is 0 Å². The zero-order valence-corrected chi connectivity index (χ0v) is 21.5. The van der Waals surface area contributed by atoms with Crippen molar-refractivity contribution in [3.8, 4) is 11.1 Å². The predicted octanol–water partition coefficient (Wildman–Crippen LogP) is 5.09. The third-order valence-electron chi connectivity index (χ3n) is 6.53. The van der Waals surface area contributed by atoms with E-state index in [1.54, 1.807) is 41.8 Å². The van der Waals surface area contributed by atoms with Gasteiger partial charge < -0.3 is 15.2 Å². The Labute approximate surface area is 223 Å². The quantitative estimate of drug-likeness (QED) is 0.291. The number of nitrogens with one attached hydrogen (secondary N) is 2. The van der Waals surface area contributed by atoms with Gasteiger partial charge in [-0.25, -0.2) is 13.8 Å². The predicted molar refractivity (Wildman–Crippen MR) is 150 cm³/mol. The van der Waals surface area contributed by atoms with Gasteiger partial charge in [-0.1, -0.05) is 43.8 Å². The van der Waals surface area contributed by atoms with Crippen LogP contribution in [0.5, 0.6) is 0 Å². The summed E-state index contributed by atoms with van der Waals surface area (Å²) in [6.07, 6.45) is 1.60. The average Bonchev–Trinajstić information content (AvgIpc) is 3.24. The van der Waals surface area contributed by atoms with Crippen molar-refractivity contribution in [2.75, 3.05) is 10.6 Å². The molecule has 0 bridgehead atoms. The lowest BCUT2D eigenvalue weighted by molar-refractivity contribution is -0.116. The Morgan fingerprint density at radius 2 is 1.72 bits per heavy atom. The third kappa shape index (κ3) is 4.70. The number of nitrogens with zero attached hydrogens (tertiary/aromatic N) is 3. The first-order valence-electron chi connectivity index (χ1n) is 12.4. The summed E-state index contributed by atoms with van der Waals surface area (Å²) >= 11 is 0. The number of amides is 2. The van der Waals surface area contributed by atoms with E-state index in [-0.39, 0.29) is 23.8 Å². The largest absolute Gasteiger partial charge is 0.324 e. The molecule has 5 rings (SSSR count). The maximum absolute atomic E-state index is 14.1. The fourth-order valence-electron chi connectivity index (χ4n) is 4.72. The second kappa shape index (κ2) is 10.4. The lowest BCUT2D eigenvalue weighted by atomic mass is 10.0. The molecule has 0 aliphatic rings. The Bertz CT molecular complexity index is 1840. The summed E-state index contributed by atoms with van der Waals surface area (Å²) in [6.45, 7) is 6.99. The topological polar surface area (TPSA) is 97.5 Å². The Morgan fingerprint density at radius 1 is 1.00 bits per heavy atom. The Balaban J connectivity index is 1.68. The maximum Gasteiger partial charge on any atom is 0.267 e. The Hall–Kier alpha value is -5.05. The van der Waals surface area contributed by atoms with Crippen LogP contribution in [0.4, 0.5) is 15.8 Å². The molecule has 2 heterocycles. The molecule has 0 aliphatic heterocycles. The van der Waals surface area contributed by atoms with Crippen LogP contribution in [0.15, 0.2) is 84.2 Å². The molecule has 3 aromatic carbocycles. The molecule has 2 N–H and O–H groups in total. The summed E-state index contributed by atoms with van der Waals surface area (Å²) < 4.78 is 16.7. The van der Waals surface area contributed by atoms with Gasteiger partial charge in [0.1, 0.15) is 12.4 Å². The number of hydrogen-bond donors (Lipinski definition) is 2. The molecule has 8 nitrogen and oxygen atoms in total. The van der Waals surface area contributed by atoms with E-state index in [1.807, 2.05) is 25.1 Å². The summed E-state index contributed by atoms with van der Waals surface area (Å²) in [5, 5.41) is 5.60. The van der Waals surface area contributed by atoms with Crippen LogP contribution in [0, 0.1) is 12.7 Å². The van der Waals surface area contributed by atoms with Gasteiger partial charge in [-0.15, -0.1) is 0 Å². The Morgan fingerprint density at radius 3 is 2.44 bits per heavy atom. The van der Waals surface area contributed by atoms with Gasteiger partial charge in [-0.2, -0.15) is 0 Å². The SMILES string of the molecule is C=CC(=O)Nc1ccccc1-c1c(CC)nc2n(CC(=O)Nc3ccc(F)cc3C)c3ccccc3n2c1=O. The van der Waals surface area contributed by atoms with Crippen LogP contribution >= 0.6 is 0 Å². The Kier molecular flexibility index (Phi) is 6.81. The molecule has 0 spiro atoms. The minimum Gasteiger partial charge on any atom is -0.324 e. The maximum atomic E-state index is 14.1. The highest BCUT2D eigenvalue weighted by Gasteiger charge is 2.22. The summed E-state index contributed by atoms with van der Waals surface area (Å²) in [5.74, 6) is -0.805. The molecule has 0 saturated heterocycles. The molecule has 9 heteroatoms. The lowest BCUT2D eigenvalue weighted by Gasteiger charge is -2.14. The number of fused-ring (bicyclic) bond motifs is 3. The molecule has 5 aromatic rings.